The van der Waals surface area contributed by atoms with Gasteiger partial charge in [-0.2, -0.15) is 0 Å². The Morgan fingerprint density at radius 1 is 1.35 bits per heavy atom. The van der Waals surface area contributed by atoms with Gasteiger partial charge < -0.3 is 10.1 Å². The highest BCUT2D eigenvalue weighted by Crippen LogP contribution is 2.25. The van der Waals surface area contributed by atoms with Crippen LogP contribution in [0.1, 0.15) is 37.3 Å². The predicted octanol–water partition coefficient (Wildman–Crippen LogP) is 2.94. The van der Waals surface area contributed by atoms with Gasteiger partial charge in [-0.25, -0.2) is 0 Å². The molecule has 0 spiro atoms. The summed E-state index contributed by atoms with van der Waals surface area (Å²) in [5.74, 6) is 0.984. The molecule has 0 aromatic heterocycles. The Morgan fingerprint density at radius 2 is 2.24 bits per heavy atom. The van der Waals surface area contributed by atoms with Crippen molar-refractivity contribution >= 4 is 0 Å². The van der Waals surface area contributed by atoms with Gasteiger partial charge in [0.05, 0.1) is 7.11 Å². The van der Waals surface area contributed by atoms with Crippen LogP contribution in [-0.4, -0.2) is 19.7 Å². The van der Waals surface area contributed by atoms with Gasteiger partial charge in [-0.1, -0.05) is 19.4 Å². The Kier molecular flexibility index (Phi) is 4.43. The van der Waals surface area contributed by atoms with E-state index in [-0.39, 0.29) is 0 Å². The zero-order valence-corrected chi connectivity index (χ0v) is 11.0. The maximum Gasteiger partial charge on any atom is 0.119 e. The van der Waals surface area contributed by atoms with Crippen LogP contribution in [0.5, 0.6) is 5.75 Å². The predicted molar refractivity (Wildman–Crippen MR) is 71.7 cm³/mol. The molecule has 0 heterocycles. The zero-order chi connectivity index (χ0) is 12.1. The first-order valence-corrected chi connectivity index (χ1v) is 6.72. The molecule has 2 heteroatoms. The van der Waals surface area contributed by atoms with Crippen LogP contribution in [0.3, 0.4) is 0 Å². The summed E-state index contributed by atoms with van der Waals surface area (Å²) in [4.78, 5) is 0. The molecule has 2 rings (SSSR count). The van der Waals surface area contributed by atoms with Gasteiger partial charge in [0.2, 0.25) is 0 Å². The van der Waals surface area contributed by atoms with Gasteiger partial charge >= 0.3 is 0 Å². The number of unbranched alkanes of at least 4 members (excludes halogenated alkanes) is 1. The van der Waals surface area contributed by atoms with Crippen LogP contribution in [0.15, 0.2) is 18.2 Å². The van der Waals surface area contributed by atoms with Gasteiger partial charge in [0.1, 0.15) is 5.75 Å². The minimum atomic E-state index is 0.654. The second-order valence-electron chi connectivity index (χ2n) is 4.88. The largest absolute Gasteiger partial charge is 0.497 e. The third kappa shape index (κ3) is 3.22. The first kappa shape index (κ1) is 12.4. The maximum atomic E-state index is 5.29. The summed E-state index contributed by atoms with van der Waals surface area (Å²) in [5, 5.41) is 3.66. The molecule has 1 unspecified atom stereocenters. The van der Waals surface area contributed by atoms with Crippen LogP contribution in [0.25, 0.3) is 0 Å². The van der Waals surface area contributed by atoms with Crippen LogP contribution >= 0.6 is 0 Å². The average molecular weight is 233 g/mol. The molecule has 0 aliphatic heterocycles. The molecule has 1 aliphatic carbocycles. The number of nitrogens with one attached hydrogen (secondary N) is 1. The summed E-state index contributed by atoms with van der Waals surface area (Å²) >= 11 is 0. The number of hydrogen-bond donors (Lipinski definition) is 1. The molecule has 0 fully saturated rings. The molecule has 1 aromatic rings. The molecule has 0 saturated carbocycles. The summed E-state index contributed by atoms with van der Waals surface area (Å²) in [6.45, 7) is 3.39. The van der Waals surface area contributed by atoms with E-state index < -0.39 is 0 Å². The molecule has 0 amide bonds. The Morgan fingerprint density at radius 3 is 3.00 bits per heavy atom. The summed E-state index contributed by atoms with van der Waals surface area (Å²) in [7, 11) is 1.74. The lowest BCUT2D eigenvalue weighted by atomic mass is 9.88. The standard InChI is InChI=1S/C15H23NO/c1-3-4-9-16-14-7-5-12-6-8-15(17-2)11-13(12)10-14/h6,8,11,14,16H,3-5,7,9-10H2,1-2H3. The van der Waals surface area contributed by atoms with Gasteiger partial charge in [-0.3, -0.25) is 0 Å². The van der Waals surface area contributed by atoms with E-state index in [0.29, 0.717) is 6.04 Å². The Bertz CT molecular complexity index is 362. The summed E-state index contributed by atoms with van der Waals surface area (Å²) in [6, 6.07) is 7.14. The van der Waals surface area contributed by atoms with Gasteiger partial charge in [0, 0.05) is 6.04 Å². The van der Waals surface area contributed by atoms with E-state index in [1.807, 2.05) is 0 Å². The lowest BCUT2D eigenvalue weighted by Gasteiger charge is -2.26. The van der Waals surface area contributed by atoms with Crippen molar-refractivity contribution in [3.05, 3.63) is 29.3 Å². The number of hydrogen-bond acceptors (Lipinski definition) is 2. The highest BCUT2D eigenvalue weighted by Gasteiger charge is 2.18. The van der Waals surface area contributed by atoms with E-state index in [1.54, 1.807) is 7.11 Å². The van der Waals surface area contributed by atoms with Gasteiger partial charge in [0.25, 0.3) is 0 Å². The molecule has 1 aromatic carbocycles. The van der Waals surface area contributed by atoms with Crippen LogP contribution in [0.4, 0.5) is 0 Å². The fraction of sp³-hybridized carbons (Fsp3) is 0.600. The highest BCUT2D eigenvalue weighted by molar-refractivity contribution is 5.37. The number of methoxy groups -OCH3 is 1. The van der Waals surface area contributed by atoms with Crippen LogP contribution < -0.4 is 10.1 Å². The van der Waals surface area contributed by atoms with E-state index in [2.05, 4.69) is 30.4 Å². The smallest absolute Gasteiger partial charge is 0.119 e. The number of aryl methyl sites for hydroxylation is 1. The average Bonchev–Trinajstić information content (AvgIpc) is 2.38. The topological polar surface area (TPSA) is 21.3 Å². The van der Waals surface area contributed by atoms with Crippen molar-refractivity contribution in [3.8, 4) is 5.75 Å². The number of rotatable bonds is 5. The van der Waals surface area contributed by atoms with E-state index in [4.69, 9.17) is 4.74 Å². The molecule has 2 nitrogen and oxygen atoms in total. The van der Waals surface area contributed by atoms with Crippen molar-refractivity contribution in [3.63, 3.8) is 0 Å². The zero-order valence-electron chi connectivity index (χ0n) is 11.0. The molecule has 94 valence electrons. The van der Waals surface area contributed by atoms with Crippen molar-refractivity contribution in [2.45, 2.75) is 45.1 Å². The van der Waals surface area contributed by atoms with Crippen molar-refractivity contribution in [2.75, 3.05) is 13.7 Å². The first-order chi connectivity index (χ1) is 8.33. The number of ether oxygens (including phenoxy) is 1. The lowest BCUT2D eigenvalue weighted by molar-refractivity contribution is 0.410. The Labute approximate surface area is 104 Å². The van der Waals surface area contributed by atoms with Crippen LogP contribution in [0.2, 0.25) is 0 Å². The van der Waals surface area contributed by atoms with Crippen LogP contribution in [-0.2, 0) is 12.8 Å². The Hall–Kier alpha value is -1.02. The summed E-state index contributed by atoms with van der Waals surface area (Å²) in [6.07, 6.45) is 6.16. The molecular formula is C15H23NO. The Balaban J connectivity index is 1.96. The van der Waals surface area contributed by atoms with Gasteiger partial charge in [0.15, 0.2) is 0 Å². The summed E-state index contributed by atoms with van der Waals surface area (Å²) < 4.78 is 5.29. The SMILES string of the molecule is CCCCNC1CCc2ccc(OC)cc2C1. The third-order valence-electron chi connectivity index (χ3n) is 3.61. The molecule has 1 aliphatic rings. The lowest BCUT2D eigenvalue weighted by Crippen LogP contribution is -2.35. The first-order valence-electron chi connectivity index (χ1n) is 6.72. The molecule has 1 N–H and O–H groups in total. The molecule has 0 bridgehead atoms. The fourth-order valence-corrected chi connectivity index (χ4v) is 2.52. The highest BCUT2D eigenvalue weighted by atomic mass is 16.5. The quantitative estimate of drug-likeness (QED) is 0.790. The fourth-order valence-electron chi connectivity index (χ4n) is 2.52. The summed E-state index contributed by atoms with van der Waals surface area (Å²) in [5.41, 5.74) is 2.96. The maximum absolute atomic E-state index is 5.29. The van der Waals surface area contributed by atoms with E-state index in [9.17, 15) is 0 Å². The number of fused-ring (bicyclic) bond motifs is 1. The third-order valence-corrected chi connectivity index (χ3v) is 3.61. The monoisotopic (exact) mass is 233 g/mol. The van der Waals surface area contributed by atoms with E-state index in [0.717, 1.165) is 18.7 Å². The molecule has 0 radical (unpaired) electrons. The minimum absolute atomic E-state index is 0.654. The van der Waals surface area contributed by atoms with E-state index >= 15 is 0 Å². The molecular weight excluding hydrogens is 210 g/mol. The van der Waals surface area contributed by atoms with Crippen molar-refractivity contribution in [1.82, 2.24) is 5.32 Å². The van der Waals surface area contributed by atoms with Crippen molar-refractivity contribution in [1.29, 1.82) is 0 Å². The van der Waals surface area contributed by atoms with Gasteiger partial charge in [-0.05, 0) is 55.5 Å². The van der Waals surface area contributed by atoms with E-state index in [1.165, 1.54) is 36.8 Å². The molecule has 1 atom stereocenters. The second-order valence-corrected chi connectivity index (χ2v) is 4.88. The minimum Gasteiger partial charge on any atom is -0.497 e. The molecule has 0 saturated heterocycles. The molecule has 17 heavy (non-hydrogen) atoms. The second kappa shape index (κ2) is 6.06. The number of benzene rings is 1. The van der Waals surface area contributed by atoms with Gasteiger partial charge in [-0.15, -0.1) is 0 Å². The van der Waals surface area contributed by atoms with Crippen molar-refractivity contribution < 1.29 is 4.74 Å². The van der Waals surface area contributed by atoms with Crippen molar-refractivity contribution in [2.24, 2.45) is 0 Å². The normalized spacial score (nSPS) is 18.8. The van der Waals surface area contributed by atoms with Crippen LogP contribution in [0, 0.1) is 0 Å².